The van der Waals surface area contributed by atoms with Crippen molar-refractivity contribution in [1.29, 1.82) is 5.26 Å². The number of ether oxygens (including phenoxy) is 2. The quantitative estimate of drug-likeness (QED) is 0.365. The highest BCUT2D eigenvalue weighted by atomic mass is 16.5. The number of nitriles is 1. The van der Waals surface area contributed by atoms with Crippen LogP contribution in [0.2, 0.25) is 0 Å². The number of Topliss-reactive ketones (excluding diaryl/α,β-unsaturated/α-hetero) is 1. The van der Waals surface area contributed by atoms with Crippen LogP contribution in [-0.4, -0.2) is 26.0 Å². The van der Waals surface area contributed by atoms with Gasteiger partial charge in [0.15, 0.2) is 0 Å². The van der Waals surface area contributed by atoms with Gasteiger partial charge in [-0.15, -0.1) is 0 Å². The Morgan fingerprint density at radius 2 is 1.75 bits per heavy atom. The Morgan fingerprint density at radius 1 is 1.04 bits per heavy atom. The topological polar surface area (TPSA) is 76.4 Å². The fraction of sp³-hybridized carbons (Fsp3) is 0.105. The number of nitrogens with zero attached hydrogens (tertiary/aromatic N) is 1. The Hall–Kier alpha value is -3.39. The highest BCUT2D eigenvalue weighted by Crippen LogP contribution is 2.18. The maximum absolute atomic E-state index is 12.4. The molecule has 0 fully saturated rings. The Balaban J connectivity index is 2.30. The number of methoxy groups -OCH3 is 2. The van der Waals surface area contributed by atoms with E-state index in [9.17, 15) is 14.9 Å². The summed E-state index contributed by atoms with van der Waals surface area (Å²) >= 11 is 0. The molecule has 0 aliphatic rings. The molecule has 0 bridgehead atoms. The molecule has 0 atom stereocenters. The molecular weight excluding hydrogens is 306 g/mol. The van der Waals surface area contributed by atoms with Gasteiger partial charge in [0.25, 0.3) is 0 Å². The molecule has 0 unspecified atom stereocenters. The maximum Gasteiger partial charge on any atom is 0.337 e. The molecule has 0 aromatic heterocycles. The van der Waals surface area contributed by atoms with E-state index in [1.807, 2.05) is 6.07 Å². The van der Waals surface area contributed by atoms with E-state index in [0.717, 1.165) is 0 Å². The van der Waals surface area contributed by atoms with Crippen LogP contribution in [0, 0.1) is 11.3 Å². The smallest absolute Gasteiger partial charge is 0.337 e. The van der Waals surface area contributed by atoms with Crippen LogP contribution in [0.3, 0.4) is 0 Å². The number of ketones is 1. The molecule has 0 amide bonds. The molecule has 5 heteroatoms. The van der Waals surface area contributed by atoms with Crippen LogP contribution in [0.25, 0.3) is 6.08 Å². The van der Waals surface area contributed by atoms with Crippen molar-refractivity contribution in [2.24, 2.45) is 0 Å². The number of carbonyl (C=O) groups excluding carboxylic acids is 2. The average molecular weight is 321 g/mol. The number of hydrogen-bond donors (Lipinski definition) is 0. The summed E-state index contributed by atoms with van der Waals surface area (Å²) in [4.78, 5) is 23.9. The molecule has 5 nitrogen and oxygen atoms in total. The average Bonchev–Trinajstić information content (AvgIpc) is 2.65. The van der Waals surface area contributed by atoms with Gasteiger partial charge in [-0.3, -0.25) is 4.79 Å². The number of esters is 1. The van der Waals surface area contributed by atoms with Gasteiger partial charge in [0.1, 0.15) is 17.4 Å². The van der Waals surface area contributed by atoms with Crippen LogP contribution in [0.4, 0.5) is 0 Å². The first-order valence-electron chi connectivity index (χ1n) is 7.08. The molecule has 0 saturated heterocycles. The van der Waals surface area contributed by atoms with E-state index in [0.29, 0.717) is 22.4 Å². The third-order valence-corrected chi connectivity index (χ3v) is 3.34. The lowest BCUT2D eigenvalue weighted by Crippen LogP contribution is -2.03. The highest BCUT2D eigenvalue weighted by Gasteiger charge is 2.13. The van der Waals surface area contributed by atoms with E-state index < -0.39 is 11.8 Å². The highest BCUT2D eigenvalue weighted by molar-refractivity contribution is 6.14. The van der Waals surface area contributed by atoms with Gasteiger partial charge in [0.05, 0.1) is 19.8 Å². The number of benzene rings is 2. The predicted octanol–water partition coefficient (Wildman–Crippen LogP) is 3.27. The standard InChI is InChI=1S/C19H15NO4/c1-23-17-5-3-4-15(11-17)18(21)16(12-20)10-13-6-8-14(9-7-13)19(22)24-2/h3-11H,1-2H3/b16-10+. The zero-order valence-electron chi connectivity index (χ0n) is 13.3. The summed E-state index contributed by atoms with van der Waals surface area (Å²) in [5.74, 6) is -0.299. The van der Waals surface area contributed by atoms with Gasteiger partial charge >= 0.3 is 5.97 Å². The third kappa shape index (κ3) is 3.87. The van der Waals surface area contributed by atoms with Crippen molar-refractivity contribution in [2.45, 2.75) is 0 Å². The predicted molar refractivity (Wildman–Crippen MR) is 88.7 cm³/mol. The van der Waals surface area contributed by atoms with Crippen molar-refractivity contribution in [2.75, 3.05) is 14.2 Å². The second-order valence-corrected chi connectivity index (χ2v) is 4.84. The molecule has 0 saturated carbocycles. The lowest BCUT2D eigenvalue weighted by atomic mass is 10.0. The molecule has 0 N–H and O–H groups in total. The SMILES string of the molecule is COC(=O)c1ccc(/C=C(\C#N)C(=O)c2cccc(OC)c2)cc1. The maximum atomic E-state index is 12.4. The molecule has 2 rings (SSSR count). The van der Waals surface area contributed by atoms with Gasteiger partial charge in [0.2, 0.25) is 5.78 Å². The molecule has 0 heterocycles. The van der Waals surface area contributed by atoms with Gasteiger partial charge in [0, 0.05) is 5.56 Å². The number of hydrogen-bond acceptors (Lipinski definition) is 5. The zero-order chi connectivity index (χ0) is 17.5. The van der Waals surface area contributed by atoms with Crippen LogP contribution in [0.15, 0.2) is 54.1 Å². The molecular formula is C19H15NO4. The first-order chi connectivity index (χ1) is 11.6. The summed E-state index contributed by atoms with van der Waals surface area (Å²) in [5.41, 5.74) is 1.39. The Labute approximate surface area is 139 Å². The Bertz CT molecular complexity index is 829. The molecule has 0 aliphatic carbocycles. The fourth-order valence-electron chi connectivity index (χ4n) is 2.07. The lowest BCUT2D eigenvalue weighted by Gasteiger charge is -2.04. The summed E-state index contributed by atoms with van der Waals surface area (Å²) in [6, 6.07) is 14.9. The molecule has 24 heavy (non-hydrogen) atoms. The number of rotatable bonds is 5. The molecule has 120 valence electrons. The van der Waals surface area contributed by atoms with Crippen LogP contribution < -0.4 is 4.74 Å². The zero-order valence-corrected chi connectivity index (χ0v) is 13.3. The van der Waals surface area contributed by atoms with Gasteiger partial charge in [-0.1, -0.05) is 24.3 Å². The van der Waals surface area contributed by atoms with Crippen LogP contribution >= 0.6 is 0 Å². The molecule has 2 aromatic carbocycles. The second-order valence-electron chi connectivity index (χ2n) is 4.84. The van der Waals surface area contributed by atoms with Gasteiger partial charge < -0.3 is 9.47 Å². The van der Waals surface area contributed by atoms with Crippen LogP contribution in [0.1, 0.15) is 26.3 Å². The number of allylic oxidation sites excluding steroid dienone is 1. The second kappa shape index (κ2) is 7.75. The van der Waals surface area contributed by atoms with Crippen molar-refractivity contribution in [1.82, 2.24) is 0 Å². The van der Waals surface area contributed by atoms with E-state index in [4.69, 9.17) is 4.74 Å². The molecule has 0 aliphatic heterocycles. The van der Waals surface area contributed by atoms with Crippen LogP contribution in [-0.2, 0) is 4.74 Å². The van der Waals surface area contributed by atoms with Gasteiger partial charge in [-0.25, -0.2) is 4.79 Å². The normalized spacial score (nSPS) is 10.6. The first-order valence-corrected chi connectivity index (χ1v) is 7.08. The minimum absolute atomic E-state index is 0.00549. The van der Waals surface area contributed by atoms with E-state index >= 15 is 0 Å². The van der Waals surface area contributed by atoms with Crippen molar-refractivity contribution in [3.05, 3.63) is 70.8 Å². The van der Waals surface area contributed by atoms with E-state index in [2.05, 4.69) is 4.74 Å². The Morgan fingerprint density at radius 3 is 2.33 bits per heavy atom. The van der Waals surface area contributed by atoms with E-state index in [1.54, 1.807) is 48.5 Å². The van der Waals surface area contributed by atoms with Gasteiger partial charge in [-0.2, -0.15) is 5.26 Å². The largest absolute Gasteiger partial charge is 0.497 e. The van der Waals surface area contributed by atoms with E-state index in [-0.39, 0.29) is 5.57 Å². The molecule has 0 radical (unpaired) electrons. The van der Waals surface area contributed by atoms with E-state index in [1.165, 1.54) is 20.3 Å². The summed E-state index contributed by atoms with van der Waals surface area (Å²) in [7, 11) is 2.81. The molecule has 0 spiro atoms. The van der Waals surface area contributed by atoms with Crippen molar-refractivity contribution >= 4 is 17.8 Å². The monoisotopic (exact) mass is 321 g/mol. The first kappa shape index (κ1) is 17.0. The summed E-state index contributed by atoms with van der Waals surface area (Å²) in [6.45, 7) is 0. The fourth-order valence-corrected chi connectivity index (χ4v) is 2.07. The summed E-state index contributed by atoms with van der Waals surface area (Å²) in [6.07, 6.45) is 1.48. The van der Waals surface area contributed by atoms with Gasteiger partial charge in [-0.05, 0) is 35.9 Å². The van der Waals surface area contributed by atoms with Crippen molar-refractivity contribution in [3.63, 3.8) is 0 Å². The summed E-state index contributed by atoms with van der Waals surface area (Å²) in [5, 5.41) is 9.28. The third-order valence-electron chi connectivity index (χ3n) is 3.34. The lowest BCUT2D eigenvalue weighted by molar-refractivity contribution is 0.0600. The number of carbonyl (C=O) groups is 2. The summed E-state index contributed by atoms with van der Waals surface area (Å²) < 4.78 is 9.71. The minimum Gasteiger partial charge on any atom is -0.497 e. The van der Waals surface area contributed by atoms with Crippen LogP contribution in [0.5, 0.6) is 5.75 Å². The molecule has 2 aromatic rings. The Kier molecular flexibility index (Phi) is 5.48. The minimum atomic E-state index is -0.446. The van der Waals surface area contributed by atoms with Crippen molar-refractivity contribution in [3.8, 4) is 11.8 Å². The van der Waals surface area contributed by atoms with Crippen molar-refractivity contribution < 1.29 is 19.1 Å².